The lowest BCUT2D eigenvalue weighted by Crippen LogP contribution is -2.62. The van der Waals surface area contributed by atoms with Gasteiger partial charge in [0.2, 0.25) is 5.95 Å². The van der Waals surface area contributed by atoms with Gasteiger partial charge in [0.1, 0.15) is 0 Å². The lowest BCUT2D eigenvalue weighted by Gasteiger charge is -2.48. The summed E-state index contributed by atoms with van der Waals surface area (Å²) in [5.74, 6) is 0.852. The first kappa shape index (κ1) is 14.5. The van der Waals surface area contributed by atoms with E-state index < -0.39 is 0 Å². The van der Waals surface area contributed by atoms with Crippen LogP contribution >= 0.6 is 0 Å². The number of piperazine rings is 1. The van der Waals surface area contributed by atoms with Gasteiger partial charge in [-0.05, 0) is 18.2 Å². The monoisotopic (exact) mass is 311 g/mol. The Kier molecular flexibility index (Phi) is 4.12. The topological polar surface area (TPSA) is 61.3 Å². The molecular weight excluding hydrogens is 290 g/mol. The fourth-order valence-electron chi connectivity index (χ4n) is 3.29. The average molecular weight is 311 g/mol. The van der Waals surface area contributed by atoms with Crippen molar-refractivity contribution < 1.29 is 0 Å². The van der Waals surface area contributed by atoms with Gasteiger partial charge >= 0.3 is 0 Å². The van der Waals surface area contributed by atoms with E-state index in [0.717, 1.165) is 57.5 Å². The van der Waals surface area contributed by atoms with E-state index in [1.54, 1.807) is 6.20 Å². The largest absolute Gasteiger partial charge is 0.338 e. The van der Waals surface area contributed by atoms with Crippen molar-refractivity contribution >= 4 is 5.95 Å². The first-order valence-corrected chi connectivity index (χ1v) is 8.13. The summed E-state index contributed by atoms with van der Waals surface area (Å²) in [6.45, 7) is 7.33. The quantitative estimate of drug-likeness (QED) is 0.803. The third-order valence-electron chi connectivity index (χ3n) is 4.62. The fraction of sp³-hybridized carbons (Fsp3) is 0.500. The molecule has 0 aromatic carbocycles. The van der Waals surface area contributed by atoms with Gasteiger partial charge in [-0.25, -0.2) is 9.97 Å². The molecule has 0 atom stereocenters. The van der Waals surface area contributed by atoms with Crippen molar-refractivity contribution in [2.24, 2.45) is 0 Å². The van der Waals surface area contributed by atoms with Gasteiger partial charge in [-0.1, -0.05) is 0 Å². The Bertz CT molecular complexity index is 607. The molecule has 4 rings (SSSR count). The second-order valence-electron chi connectivity index (χ2n) is 6.13. The van der Waals surface area contributed by atoms with Gasteiger partial charge in [-0.15, -0.1) is 0 Å². The number of rotatable bonds is 4. The Morgan fingerprint density at radius 1 is 0.957 bits per heavy atom. The molecule has 0 spiro atoms. The highest BCUT2D eigenvalue weighted by Gasteiger charge is 2.33. The van der Waals surface area contributed by atoms with Crippen molar-refractivity contribution in [2.75, 3.05) is 44.2 Å². The maximum atomic E-state index is 4.34. The number of anilines is 1. The van der Waals surface area contributed by atoms with E-state index in [1.165, 1.54) is 0 Å². The van der Waals surface area contributed by atoms with Crippen LogP contribution in [-0.4, -0.2) is 75.3 Å². The molecule has 2 aliphatic rings. The van der Waals surface area contributed by atoms with Crippen LogP contribution in [0.25, 0.3) is 0 Å². The van der Waals surface area contributed by atoms with E-state index in [9.17, 15) is 0 Å². The molecule has 2 aromatic heterocycles. The summed E-state index contributed by atoms with van der Waals surface area (Å²) in [5.41, 5.74) is 1.05. The Morgan fingerprint density at radius 3 is 2.43 bits per heavy atom. The second kappa shape index (κ2) is 6.55. The lowest BCUT2D eigenvalue weighted by molar-refractivity contribution is 0.0246. The molecule has 0 bridgehead atoms. The fourth-order valence-corrected chi connectivity index (χ4v) is 3.29. The Morgan fingerprint density at radius 2 is 1.74 bits per heavy atom. The molecule has 2 fully saturated rings. The van der Waals surface area contributed by atoms with Gasteiger partial charge in [0.15, 0.2) is 0 Å². The van der Waals surface area contributed by atoms with E-state index in [4.69, 9.17) is 0 Å². The minimum atomic E-state index is 0.672. The Labute approximate surface area is 136 Å². The van der Waals surface area contributed by atoms with E-state index in [0.29, 0.717) is 6.04 Å². The molecule has 2 saturated heterocycles. The van der Waals surface area contributed by atoms with Crippen LogP contribution in [0.2, 0.25) is 0 Å². The summed E-state index contributed by atoms with van der Waals surface area (Å²) in [4.78, 5) is 16.0. The molecule has 0 unspecified atom stereocenters. The van der Waals surface area contributed by atoms with Crippen molar-refractivity contribution in [3.63, 3.8) is 0 Å². The van der Waals surface area contributed by atoms with Gasteiger partial charge < -0.3 is 4.90 Å². The van der Waals surface area contributed by atoms with Crippen LogP contribution in [0.15, 0.2) is 36.8 Å². The van der Waals surface area contributed by atoms with Crippen molar-refractivity contribution in [2.45, 2.75) is 12.6 Å². The maximum Gasteiger partial charge on any atom is 0.225 e. The number of hydrogen-bond acceptors (Lipinski definition) is 7. The molecule has 0 N–H and O–H groups in total. The molecule has 2 aliphatic heterocycles. The van der Waals surface area contributed by atoms with Crippen LogP contribution in [0.3, 0.4) is 0 Å². The van der Waals surface area contributed by atoms with Gasteiger partial charge in [-0.3, -0.25) is 9.80 Å². The van der Waals surface area contributed by atoms with Gasteiger partial charge in [-0.2, -0.15) is 10.2 Å². The standard InChI is InChI=1S/C16H21N7/c1-3-14(20-19-6-1)11-21-12-15(13-21)22-7-9-23(10-8-22)16-17-4-2-5-18-16/h1-6,15H,7-13H2. The number of aromatic nitrogens is 4. The van der Waals surface area contributed by atoms with Crippen LogP contribution in [0.5, 0.6) is 0 Å². The van der Waals surface area contributed by atoms with Crippen LogP contribution in [0.4, 0.5) is 5.95 Å². The third-order valence-corrected chi connectivity index (χ3v) is 4.62. The molecule has 0 amide bonds. The number of nitrogens with zero attached hydrogens (tertiary/aromatic N) is 7. The van der Waals surface area contributed by atoms with Gasteiger partial charge in [0.25, 0.3) is 0 Å². The summed E-state index contributed by atoms with van der Waals surface area (Å²) < 4.78 is 0. The highest BCUT2D eigenvalue weighted by molar-refractivity contribution is 5.29. The normalized spacial score (nSPS) is 20.4. The highest BCUT2D eigenvalue weighted by Crippen LogP contribution is 2.19. The summed E-state index contributed by atoms with van der Waals surface area (Å²) in [6.07, 6.45) is 5.34. The Balaban J connectivity index is 1.23. The first-order valence-electron chi connectivity index (χ1n) is 8.13. The van der Waals surface area contributed by atoms with E-state index in [-0.39, 0.29) is 0 Å². The van der Waals surface area contributed by atoms with Crippen LogP contribution < -0.4 is 4.90 Å². The van der Waals surface area contributed by atoms with E-state index >= 15 is 0 Å². The van der Waals surface area contributed by atoms with E-state index in [2.05, 4.69) is 34.9 Å². The molecule has 0 radical (unpaired) electrons. The molecule has 7 nitrogen and oxygen atoms in total. The minimum absolute atomic E-state index is 0.672. The zero-order valence-electron chi connectivity index (χ0n) is 13.1. The van der Waals surface area contributed by atoms with Gasteiger partial charge in [0.05, 0.1) is 5.69 Å². The summed E-state index contributed by atoms with van der Waals surface area (Å²) in [6, 6.07) is 6.52. The SMILES string of the molecule is c1cnc(N2CCN(C3CN(Cc4cccnn4)C3)CC2)nc1. The van der Waals surface area contributed by atoms with Crippen LogP contribution in [0, 0.1) is 0 Å². The molecular formula is C16H21N7. The number of likely N-dealkylation sites (tertiary alicyclic amines) is 1. The summed E-state index contributed by atoms with van der Waals surface area (Å²) in [7, 11) is 0. The molecule has 120 valence electrons. The maximum absolute atomic E-state index is 4.34. The van der Waals surface area contributed by atoms with Crippen molar-refractivity contribution in [1.29, 1.82) is 0 Å². The minimum Gasteiger partial charge on any atom is -0.338 e. The Hall–Kier alpha value is -2.12. The molecule has 2 aromatic rings. The summed E-state index contributed by atoms with van der Waals surface area (Å²) >= 11 is 0. The van der Waals surface area contributed by atoms with Crippen LogP contribution in [0.1, 0.15) is 5.69 Å². The third kappa shape index (κ3) is 3.30. The zero-order valence-corrected chi connectivity index (χ0v) is 13.1. The molecule has 7 heteroatoms. The van der Waals surface area contributed by atoms with Crippen molar-refractivity contribution in [3.8, 4) is 0 Å². The molecule has 4 heterocycles. The average Bonchev–Trinajstić information content (AvgIpc) is 2.60. The molecule has 0 aliphatic carbocycles. The number of hydrogen-bond donors (Lipinski definition) is 0. The first-order chi connectivity index (χ1) is 11.4. The molecule has 23 heavy (non-hydrogen) atoms. The zero-order chi connectivity index (χ0) is 15.5. The second-order valence-corrected chi connectivity index (χ2v) is 6.13. The van der Waals surface area contributed by atoms with Crippen molar-refractivity contribution in [1.82, 2.24) is 30.0 Å². The highest BCUT2D eigenvalue weighted by atomic mass is 15.4. The van der Waals surface area contributed by atoms with E-state index in [1.807, 2.05) is 30.6 Å². The predicted molar refractivity (Wildman–Crippen MR) is 86.9 cm³/mol. The predicted octanol–water partition coefficient (Wildman–Crippen LogP) is 0.273. The summed E-state index contributed by atoms with van der Waals surface area (Å²) in [5, 5.41) is 8.09. The van der Waals surface area contributed by atoms with Gasteiger partial charge in [0, 0.05) is 70.4 Å². The lowest BCUT2D eigenvalue weighted by atomic mass is 10.1. The van der Waals surface area contributed by atoms with Crippen molar-refractivity contribution in [3.05, 3.63) is 42.5 Å². The molecule has 0 saturated carbocycles. The smallest absolute Gasteiger partial charge is 0.225 e. The van der Waals surface area contributed by atoms with Crippen LogP contribution in [-0.2, 0) is 6.54 Å².